The van der Waals surface area contributed by atoms with Crippen LogP contribution >= 0.6 is 35.3 Å². The van der Waals surface area contributed by atoms with E-state index in [0.29, 0.717) is 0 Å². The number of nitrogens with one attached hydrogen (secondary N) is 2. The van der Waals surface area contributed by atoms with Gasteiger partial charge in [0.1, 0.15) is 5.82 Å². The fourth-order valence-electron chi connectivity index (χ4n) is 2.72. The Kier molecular flexibility index (Phi) is 7.03. The Morgan fingerprint density at radius 1 is 1.25 bits per heavy atom. The fraction of sp³-hybridized carbons (Fsp3) is 0.389. The van der Waals surface area contributed by atoms with Gasteiger partial charge in [-0.1, -0.05) is 25.1 Å². The Labute approximate surface area is 163 Å². The van der Waals surface area contributed by atoms with Crippen LogP contribution in [0.25, 0.3) is 0 Å². The number of aliphatic imine (C=N–C) groups is 1. The maximum absolute atomic E-state index is 13.8. The highest BCUT2D eigenvalue weighted by Crippen LogP contribution is 2.41. The van der Waals surface area contributed by atoms with Crippen molar-refractivity contribution in [1.29, 1.82) is 0 Å². The first-order valence-electron chi connectivity index (χ1n) is 8.00. The molecule has 2 N–H and O–H groups in total. The highest BCUT2D eigenvalue weighted by atomic mass is 127. The lowest BCUT2D eigenvalue weighted by Crippen LogP contribution is -2.38. The highest BCUT2D eigenvalue weighted by Gasteiger charge is 2.40. The SMILES string of the molecule is CCc1ccc(CNC(=NC)NC2CC2c2ccccc2F)s1.I. The van der Waals surface area contributed by atoms with E-state index in [-0.39, 0.29) is 41.8 Å². The zero-order valence-electron chi connectivity index (χ0n) is 13.9. The summed E-state index contributed by atoms with van der Waals surface area (Å²) in [6.07, 6.45) is 2.02. The van der Waals surface area contributed by atoms with Gasteiger partial charge in [0.25, 0.3) is 0 Å². The molecule has 2 unspecified atom stereocenters. The van der Waals surface area contributed by atoms with E-state index in [1.165, 1.54) is 15.8 Å². The molecule has 1 saturated carbocycles. The van der Waals surface area contributed by atoms with Gasteiger partial charge in [0.15, 0.2) is 5.96 Å². The van der Waals surface area contributed by atoms with Crippen LogP contribution < -0.4 is 10.6 Å². The third-order valence-corrected chi connectivity index (χ3v) is 5.37. The topological polar surface area (TPSA) is 36.4 Å². The minimum Gasteiger partial charge on any atom is -0.353 e. The van der Waals surface area contributed by atoms with Crippen molar-refractivity contribution in [1.82, 2.24) is 10.6 Å². The molecule has 1 aliphatic carbocycles. The summed E-state index contributed by atoms with van der Waals surface area (Å²) in [5.41, 5.74) is 0.797. The lowest BCUT2D eigenvalue weighted by atomic mass is 10.1. The van der Waals surface area contributed by atoms with E-state index in [2.05, 4.69) is 34.7 Å². The van der Waals surface area contributed by atoms with Gasteiger partial charge in [-0.25, -0.2) is 4.39 Å². The van der Waals surface area contributed by atoms with Gasteiger partial charge in [-0.15, -0.1) is 35.3 Å². The van der Waals surface area contributed by atoms with Crippen LogP contribution in [-0.4, -0.2) is 19.0 Å². The molecule has 0 bridgehead atoms. The summed E-state index contributed by atoms with van der Waals surface area (Å²) in [6.45, 7) is 2.93. The number of rotatable bonds is 5. The minimum atomic E-state index is -0.115. The Balaban J connectivity index is 0.00000208. The lowest BCUT2D eigenvalue weighted by Gasteiger charge is -2.11. The number of benzene rings is 1. The quantitative estimate of drug-likeness (QED) is 0.398. The molecule has 3 nitrogen and oxygen atoms in total. The number of aryl methyl sites for hydroxylation is 1. The number of guanidine groups is 1. The smallest absolute Gasteiger partial charge is 0.191 e. The van der Waals surface area contributed by atoms with Crippen molar-refractivity contribution in [2.75, 3.05) is 7.05 Å². The van der Waals surface area contributed by atoms with E-state index in [1.807, 2.05) is 23.5 Å². The number of hydrogen-bond acceptors (Lipinski definition) is 2. The number of nitrogens with zero attached hydrogens (tertiary/aromatic N) is 1. The maximum Gasteiger partial charge on any atom is 0.191 e. The number of halogens is 2. The Morgan fingerprint density at radius 2 is 2.00 bits per heavy atom. The van der Waals surface area contributed by atoms with Crippen LogP contribution in [0.1, 0.15) is 34.6 Å². The van der Waals surface area contributed by atoms with Crippen LogP contribution in [0, 0.1) is 5.82 Å². The zero-order valence-corrected chi connectivity index (χ0v) is 17.0. The van der Waals surface area contributed by atoms with Gasteiger partial charge in [0, 0.05) is 28.8 Å². The number of thiophene rings is 1. The molecule has 2 atom stereocenters. The molecule has 0 spiro atoms. The largest absolute Gasteiger partial charge is 0.353 e. The Morgan fingerprint density at radius 3 is 2.67 bits per heavy atom. The second-order valence-corrected chi connectivity index (χ2v) is 7.01. The predicted octanol–water partition coefficient (Wildman–Crippen LogP) is 4.29. The highest BCUT2D eigenvalue weighted by molar-refractivity contribution is 14.0. The molecule has 1 heterocycles. The Bertz CT molecular complexity index is 701. The summed E-state index contributed by atoms with van der Waals surface area (Å²) < 4.78 is 13.8. The van der Waals surface area contributed by atoms with Crippen LogP contribution in [0.2, 0.25) is 0 Å². The second kappa shape index (κ2) is 8.80. The number of hydrogen-bond donors (Lipinski definition) is 2. The van der Waals surface area contributed by atoms with Crippen LogP contribution in [0.5, 0.6) is 0 Å². The maximum atomic E-state index is 13.8. The van der Waals surface area contributed by atoms with Crippen molar-refractivity contribution < 1.29 is 4.39 Å². The van der Waals surface area contributed by atoms with Gasteiger partial charge in [-0.3, -0.25) is 4.99 Å². The molecule has 0 amide bonds. The fourth-order valence-corrected chi connectivity index (χ4v) is 3.62. The third kappa shape index (κ3) is 4.69. The molecule has 0 radical (unpaired) electrons. The van der Waals surface area contributed by atoms with Gasteiger partial charge in [0.2, 0.25) is 0 Å². The van der Waals surface area contributed by atoms with Gasteiger partial charge < -0.3 is 10.6 Å². The van der Waals surface area contributed by atoms with E-state index in [1.54, 1.807) is 13.1 Å². The molecule has 6 heteroatoms. The molecule has 0 aliphatic heterocycles. The summed E-state index contributed by atoms with van der Waals surface area (Å²) in [6, 6.07) is 11.6. The summed E-state index contributed by atoms with van der Waals surface area (Å²) in [4.78, 5) is 6.96. The summed E-state index contributed by atoms with van der Waals surface area (Å²) in [7, 11) is 1.77. The summed E-state index contributed by atoms with van der Waals surface area (Å²) in [5.74, 6) is 0.902. The molecule has 0 saturated heterocycles. The standard InChI is InChI=1S/C18H22FN3S.HI/c1-3-12-8-9-13(23-12)11-21-18(20-2)22-17-10-15(17)14-6-4-5-7-16(14)19;/h4-9,15,17H,3,10-11H2,1-2H3,(H2,20,21,22);1H. The van der Waals surface area contributed by atoms with Crippen molar-refractivity contribution in [2.45, 2.75) is 38.3 Å². The first-order chi connectivity index (χ1) is 11.2. The molecule has 2 aromatic rings. The molecule has 24 heavy (non-hydrogen) atoms. The second-order valence-electron chi connectivity index (χ2n) is 5.76. The molecular weight excluding hydrogens is 436 g/mol. The molecular formula is C18H23FIN3S. The molecule has 1 aromatic carbocycles. The molecule has 1 fully saturated rings. The van der Waals surface area contributed by atoms with Crippen LogP contribution in [0.3, 0.4) is 0 Å². The predicted molar refractivity (Wildman–Crippen MR) is 110 cm³/mol. The van der Waals surface area contributed by atoms with Crippen molar-refractivity contribution in [3.63, 3.8) is 0 Å². The lowest BCUT2D eigenvalue weighted by molar-refractivity contribution is 0.607. The van der Waals surface area contributed by atoms with Crippen molar-refractivity contribution in [3.05, 3.63) is 57.5 Å². The van der Waals surface area contributed by atoms with E-state index < -0.39 is 0 Å². The average Bonchev–Trinajstić information content (AvgIpc) is 3.17. The van der Waals surface area contributed by atoms with Crippen LogP contribution in [0.15, 0.2) is 41.4 Å². The Hall–Kier alpha value is -1.15. The molecule has 3 rings (SSSR count). The van der Waals surface area contributed by atoms with Gasteiger partial charge >= 0.3 is 0 Å². The van der Waals surface area contributed by atoms with E-state index >= 15 is 0 Å². The van der Waals surface area contributed by atoms with Gasteiger partial charge in [0.05, 0.1) is 6.54 Å². The van der Waals surface area contributed by atoms with E-state index in [9.17, 15) is 4.39 Å². The van der Waals surface area contributed by atoms with Crippen LogP contribution in [0.4, 0.5) is 4.39 Å². The van der Waals surface area contributed by atoms with E-state index in [4.69, 9.17) is 0 Å². The third-order valence-electron chi connectivity index (χ3n) is 4.14. The average molecular weight is 459 g/mol. The minimum absolute atomic E-state index is 0. The van der Waals surface area contributed by atoms with Crippen molar-refractivity contribution in [3.8, 4) is 0 Å². The normalized spacial score (nSPS) is 19.5. The van der Waals surface area contributed by atoms with Crippen LogP contribution in [-0.2, 0) is 13.0 Å². The molecule has 1 aliphatic rings. The first kappa shape index (κ1) is 19.2. The van der Waals surface area contributed by atoms with Gasteiger partial charge in [-0.05, 0) is 36.6 Å². The van der Waals surface area contributed by atoms with E-state index in [0.717, 1.165) is 30.9 Å². The van der Waals surface area contributed by atoms with Crippen molar-refractivity contribution in [2.24, 2.45) is 4.99 Å². The monoisotopic (exact) mass is 459 g/mol. The summed E-state index contributed by atoms with van der Waals surface area (Å²) >= 11 is 1.82. The summed E-state index contributed by atoms with van der Waals surface area (Å²) in [5, 5.41) is 6.72. The van der Waals surface area contributed by atoms with Gasteiger partial charge in [-0.2, -0.15) is 0 Å². The first-order valence-corrected chi connectivity index (χ1v) is 8.82. The zero-order chi connectivity index (χ0) is 16.2. The molecule has 130 valence electrons. The van der Waals surface area contributed by atoms with Crippen molar-refractivity contribution >= 4 is 41.3 Å². The molecule has 1 aromatic heterocycles.